The first kappa shape index (κ1) is 14.8. The fourth-order valence-electron chi connectivity index (χ4n) is 1.83. The van der Waals surface area contributed by atoms with Crippen molar-refractivity contribution in [3.05, 3.63) is 51.4 Å². The van der Waals surface area contributed by atoms with Gasteiger partial charge in [-0.05, 0) is 30.7 Å². The van der Waals surface area contributed by atoms with Crippen LogP contribution in [0.3, 0.4) is 0 Å². The van der Waals surface area contributed by atoms with E-state index in [1.807, 2.05) is 0 Å². The Bertz CT molecular complexity index is 689. The molecule has 0 unspecified atom stereocenters. The van der Waals surface area contributed by atoms with Gasteiger partial charge in [-0.15, -0.1) is 0 Å². The molecule has 0 bridgehead atoms. The first-order valence-electron chi connectivity index (χ1n) is 5.82. The van der Waals surface area contributed by atoms with Crippen LogP contribution >= 0.6 is 23.2 Å². The number of nitrogens with zero attached hydrogens (tertiary/aromatic N) is 1. The number of halogens is 3. The quantitative estimate of drug-likeness (QED) is 0.851. The third-order valence-corrected chi connectivity index (χ3v) is 3.43. The van der Waals surface area contributed by atoms with E-state index in [-0.39, 0.29) is 15.6 Å². The minimum absolute atomic E-state index is 0.0726. The van der Waals surface area contributed by atoms with E-state index in [2.05, 4.69) is 4.98 Å². The maximum atomic E-state index is 13.5. The second-order valence-corrected chi connectivity index (χ2v) is 4.91. The highest BCUT2D eigenvalue weighted by Gasteiger charge is 2.14. The summed E-state index contributed by atoms with van der Waals surface area (Å²) in [5.41, 5.74) is 1.33. The standard InChI is InChI=1S/C14H10Cl2FNO2/c1-2-12-7(14(19)20)3-4-13(18-12)8-5-11(17)10(16)6-9(8)15/h3-6H,2H2,1H3,(H,19,20). The Hall–Kier alpha value is -1.65. The van der Waals surface area contributed by atoms with Crippen LogP contribution in [0.1, 0.15) is 23.0 Å². The molecule has 1 aromatic carbocycles. The van der Waals surface area contributed by atoms with E-state index in [0.29, 0.717) is 23.4 Å². The molecular weight excluding hydrogens is 304 g/mol. The van der Waals surface area contributed by atoms with Crippen molar-refractivity contribution < 1.29 is 14.3 Å². The summed E-state index contributed by atoms with van der Waals surface area (Å²) in [6.45, 7) is 1.79. The van der Waals surface area contributed by atoms with E-state index in [0.717, 1.165) is 0 Å². The molecule has 0 amide bonds. The summed E-state index contributed by atoms with van der Waals surface area (Å²) in [6.07, 6.45) is 0.448. The van der Waals surface area contributed by atoms with Crippen molar-refractivity contribution in [2.24, 2.45) is 0 Å². The lowest BCUT2D eigenvalue weighted by molar-refractivity contribution is 0.0695. The van der Waals surface area contributed by atoms with Crippen LogP contribution in [0.15, 0.2) is 24.3 Å². The minimum Gasteiger partial charge on any atom is -0.478 e. The molecular formula is C14H10Cl2FNO2. The van der Waals surface area contributed by atoms with Crippen molar-refractivity contribution in [1.29, 1.82) is 0 Å². The molecule has 0 aliphatic rings. The number of benzene rings is 1. The van der Waals surface area contributed by atoms with E-state index >= 15 is 0 Å². The molecule has 2 aromatic rings. The molecule has 0 aliphatic heterocycles. The number of aromatic carboxylic acids is 1. The first-order chi connectivity index (χ1) is 9.43. The zero-order valence-electron chi connectivity index (χ0n) is 10.5. The molecule has 0 aliphatic carbocycles. The number of hydrogen-bond acceptors (Lipinski definition) is 2. The van der Waals surface area contributed by atoms with Gasteiger partial charge in [0.2, 0.25) is 0 Å². The van der Waals surface area contributed by atoms with Crippen LogP contribution in [0.5, 0.6) is 0 Å². The highest BCUT2D eigenvalue weighted by molar-refractivity contribution is 6.36. The summed E-state index contributed by atoms with van der Waals surface area (Å²) in [4.78, 5) is 15.3. The maximum Gasteiger partial charge on any atom is 0.337 e. The molecule has 20 heavy (non-hydrogen) atoms. The van der Waals surface area contributed by atoms with Gasteiger partial charge in [0, 0.05) is 5.56 Å². The van der Waals surface area contributed by atoms with Crippen LogP contribution in [0.2, 0.25) is 10.0 Å². The monoisotopic (exact) mass is 313 g/mol. The van der Waals surface area contributed by atoms with Gasteiger partial charge in [0.15, 0.2) is 0 Å². The summed E-state index contributed by atoms with van der Waals surface area (Å²) < 4.78 is 13.5. The van der Waals surface area contributed by atoms with Crippen molar-refractivity contribution in [2.75, 3.05) is 0 Å². The molecule has 3 nitrogen and oxygen atoms in total. The van der Waals surface area contributed by atoms with Crippen LogP contribution in [-0.4, -0.2) is 16.1 Å². The third kappa shape index (κ3) is 2.76. The maximum absolute atomic E-state index is 13.5. The number of rotatable bonds is 3. The van der Waals surface area contributed by atoms with Gasteiger partial charge in [-0.3, -0.25) is 4.98 Å². The summed E-state index contributed by atoms with van der Waals surface area (Å²) in [7, 11) is 0. The molecule has 0 atom stereocenters. The number of carbonyl (C=O) groups is 1. The Kier molecular flexibility index (Phi) is 4.26. The number of aryl methyl sites for hydroxylation is 1. The van der Waals surface area contributed by atoms with Gasteiger partial charge >= 0.3 is 5.97 Å². The van der Waals surface area contributed by atoms with Crippen LogP contribution in [0.4, 0.5) is 4.39 Å². The van der Waals surface area contributed by atoms with E-state index in [4.69, 9.17) is 28.3 Å². The molecule has 1 heterocycles. The van der Waals surface area contributed by atoms with Gasteiger partial charge in [0.25, 0.3) is 0 Å². The van der Waals surface area contributed by atoms with Crippen molar-refractivity contribution in [2.45, 2.75) is 13.3 Å². The Balaban J connectivity index is 2.59. The molecule has 0 saturated carbocycles. The van der Waals surface area contributed by atoms with Crippen molar-refractivity contribution >= 4 is 29.2 Å². The Morgan fingerprint density at radius 3 is 2.60 bits per heavy atom. The topological polar surface area (TPSA) is 50.2 Å². The lowest BCUT2D eigenvalue weighted by atomic mass is 10.1. The fourth-order valence-corrected chi connectivity index (χ4v) is 2.31. The number of pyridine rings is 1. The van der Waals surface area contributed by atoms with Crippen LogP contribution in [0.25, 0.3) is 11.3 Å². The van der Waals surface area contributed by atoms with E-state index in [9.17, 15) is 9.18 Å². The van der Waals surface area contributed by atoms with E-state index in [1.165, 1.54) is 24.3 Å². The summed E-state index contributed by atoms with van der Waals surface area (Å²) >= 11 is 11.7. The molecule has 0 fully saturated rings. The first-order valence-corrected chi connectivity index (χ1v) is 6.57. The molecule has 6 heteroatoms. The average molecular weight is 314 g/mol. The predicted molar refractivity (Wildman–Crippen MR) is 76.0 cm³/mol. The van der Waals surface area contributed by atoms with E-state index in [1.54, 1.807) is 6.92 Å². The zero-order chi connectivity index (χ0) is 14.9. The van der Waals surface area contributed by atoms with E-state index < -0.39 is 11.8 Å². The predicted octanol–water partition coefficient (Wildman–Crippen LogP) is 4.46. The third-order valence-electron chi connectivity index (χ3n) is 2.83. The Labute approximate surface area is 125 Å². The van der Waals surface area contributed by atoms with Gasteiger partial charge in [-0.1, -0.05) is 30.1 Å². The second-order valence-electron chi connectivity index (χ2n) is 4.10. The van der Waals surface area contributed by atoms with Gasteiger partial charge in [-0.25, -0.2) is 9.18 Å². The lowest BCUT2D eigenvalue weighted by Gasteiger charge is -2.09. The molecule has 0 spiro atoms. The van der Waals surface area contributed by atoms with Crippen LogP contribution in [0, 0.1) is 5.82 Å². The highest BCUT2D eigenvalue weighted by Crippen LogP contribution is 2.31. The van der Waals surface area contributed by atoms with Crippen LogP contribution in [-0.2, 0) is 6.42 Å². The normalized spacial score (nSPS) is 10.6. The smallest absolute Gasteiger partial charge is 0.337 e. The molecule has 2 rings (SSSR count). The van der Waals surface area contributed by atoms with Crippen molar-refractivity contribution in [3.63, 3.8) is 0 Å². The zero-order valence-corrected chi connectivity index (χ0v) is 12.0. The SMILES string of the molecule is CCc1nc(-c2cc(F)c(Cl)cc2Cl)ccc1C(=O)O. The molecule has 1 N–H and O–H groups in total. The van der Waals surface area contributed by atoms with Gasteiger partial charge in [-0.2, -0.15) is 0 Å². The molecule has 104 valence electrons. The summed E-state index contributed by atoms with van der Waals surface area (Å²) in [6, 6.07) is 5.42. The summed E-state index contributed by atoms with van der Waals surface area (Å²) in [5, 5.41) is 9.24. The largest absolute Gasteiger partial charge is 0.478 e. The Morgan fingerprint density at radius 1 is 1.30 bits per heavy atom. The summed E-state index contributed by atoms with van der Waals surface area (Å²) in [5.74, 6) is -1.65. The molecule has 1 aromatic heterocycles. The average Bonchev–Trinajstić information content (AvgIpc) is 2.42. The Morgan fingerprint density at radius 2 is 2.00 bits per heavy atom. The highest BCUT2D eigenvalue weighted by atomic mass is 35.5. The number of aromatic nitrogens is 1. The lowest BCUT2D eigenvalue weighted by Crippen LogP contribution is -2.05. The van der Waals surface area contributed by atoms with Crippen molar-refractivity contribution in [1.82, 2.24) is 4.98 Å². The van der Waals surface area contributed by atoms with Gasteiger partial charge in [0.1, 0.15) is 5.82 Å². The minimum atomic E-state index is -1.05. The fraction of sp³-hybridized carbons (Fsp3) is 0.143. The molecule has 0 radical (unpaired) electrons. The van der Waals surface area contributed by atoms with Crippen LogP contribution < -0.4 is 0 Å². The van der Waals surface area contributed by atoms with Gasteiger partial charge < -0.3 is 5.11 Å². The number of carboxylic acid groups (broad SMARTS) is 1. The molecule has 0 saturated heterocycles. The number of carboxylic acids is 1. The number of hydrogen-bond donors (Lipinski definition) is 1. The van der Waals surface area contributed by atoms with Gasteiger partial charge in [0.05, 0.1) is 27.0 Å². The second kappa shape index (κ2) is 5.77. The van der Waals surface area contributed by atoms with Crippen molar-refractivity contribution in [3.8, 4) is 11.3 Å².